The van der Waals surface area contributed by atoms with Gasteiger partial charge in [-0.15, -0.1) is 0 Å². The largest absolute Gasteiger partial charge is 0.308 e. The molecule has 0 saturated carbocycles. The molecule has 0 unspecified atom stereocenters. The molecule has 3 aromatic rings. The first-order valence-corrected chi connectivity index (χ1v) is 6.58. The molecule has 0 amide bonds. The van der Waals surface area contributed by atoms with Crippen LogP contribution in [-0.2, 0) is 13.6 Å². The van der Waals surface area contributed by atoms with Gasteiger partial charge in [0.15, 0.2) is 10.6 Å². The van der Waals surface area contributed by atoms with Crippen LogP contribution in [0.3, 0.4) is 0 Å². The number of hydrogen-bond acceptors (Lipinski definition) is 4. The van der Waals surface area contributed by atoms with E-state index in [1.54, 1.807) is 9.13 Å². The highest BCUT2D eigenvalue weighted by atomic mass is 32.1. The zero-order valence-corrected chi connectivity index (χ0v) is 11.2. The summed E-state index contributed by atoms with van der Waals surface area (Å²) >= 11 is 6.30. The second-order valence-electron chi connectivity index (χ2n) is 3.93. The van der Waals surface area contributed by atoms with Crippen LogP contribution in [0, 0.1) is 4.77 Å². The SMILES string of the molecule is Cn1c(Cn2c(=O)sc3ccccc32)n[nH]c1=S. The van der Waals surface area contributed by atoms with Gasteiger partial charge in [-0.2, -0.15) is 5.10 Å². The van der Waals surface area contributed by atoms with Gasteiger partial charge in [0.05, 0.1) is 16.8 Å². The van der Waals surface area contributed by atoms with Crippen molar-refractivity contribution in [2.24, 2.45) is 7.05 Å². The maximum absolute atomic E-state index is 12.0. The topological polar surface area (TPSA) is 55.6 Å². The molecule has 0 aliphatic carbocycles. The van der Waals surface area contributed by atoms with Gasteiger partial charge in [0, 0.05) is 7.05 Å². The quantitative estimate of drug-likeness (QED) is 0.728. The number of nitrogens with zero attached hydrogens (tertiary/aromatic N) is 3. The van der Waals surface area contributed by atoms with Crippen molar-refractivity contribution in [1.29, 1.82) is 0 Å². The molecule has 0 atom stereocenters. The van der Waals surface area contributed by atoms with Crippen molar-refractivity contribution in [3.8, 4) is 0 Å². The van der Waals surface area contributed by atoms with Gasteiger partial charge in [-0.05, 0) is 24.4 Å². The minimum atomic E-state index is 0.0186. The zero-order valence-electron chi connectivity index (χ0n) is 9.58. The lowest BCUT2D eigenvalue weighted by molar-refractivity contribution is 0.704. The fourth-order valence-corrected chi connectivity index (χ4v) is 2.87. The van der Waals surface area contributed by atoms with Crippen molar-refractivity contribution >= 4 is 33.8 Å². The Labute approximate surface area is 111 Å². The van der Waals surface area contributed by atoms with E-state index in [-0.39, 0.29) is 4.87 Å². The fraction of sp³-hybridized carbons (Fsp3) is 0.182. The summed E-state index contributed by atoms with van der Waals surface area (Å²) in [4.78, 5) is 12.0. The van der Waals surface area contributed by atoms with Crippen molar-refractivity contribution in [2.45, 2.75) is 6.54 Å². The first-order chi connectivity index (χ1) is 8.66. The van der Waals surface area contributed by atoms with Crippen LogP contribution in [0.5, 0.6) is 0 Å². The predicted octanol–water partition coefficient (Wildman–Crippen LogP) is 1.90. The standard InChI is InChI=1S/C11H10N4OS2/c1-14-9(12-13-10(14)17)6-15-7-4-2-3-5-8(7)18-11(15)16/h2-5H,6H2,1H3,(H,13,17). The smallest absolute Gasteiger partial charge is 0.306 e. The van der Waals surface area contributed by atoms with E-state index in [0.717, 1.165) is 16.0 Å². The minimum absolute atomic E-state index is 0.0186. The van der Waals surface area contributed by atoms with Crippen molar-refractivity contribution in [1.82, 2.24) is 19.3 Å². The van der Waals surface area contributed by atoms with Crippen LogP contribution >= 0.6 is 23.6 Å². The highest BCUT2D eigenvalue weighted by Crippen LogP contribution is 2.17. The highest BCUT2D eigenvalue weighted by molar-refractivity contribution is 7.71. The lowest BCUT2D eigenvalue weighted by Gasteiger charge is -2.02. The van der Waals surface area contributed by atoms with Gasteiger partial charge in [0.1, 0.15) is 0 Å². The maximum atomic E-state index is 12.0. The Hall–Kier alpha value is -1.73. The molecule has 1 aromatic carbocycles. The molecule has 7 heteroatoms. The third-order valence-electron chi connectivity index (χ3n) is 2.85. The average molecular weight is 278 g/mol. The van der Waals surface area contributed by atoms with Crippen LogP contribution in [0.4, 0.5) is 0 Å². The van der Waals surface area contributed by atoms with Crippen LogP contribution in [0.25, 0.3) is 10.2 Å². The second-order valence-corrected chi connectivity index (χ2v) is 5.31. The monoisotopic (exact) mass is 278 g/mol. The summed E-state index contributed by atoms with van der Waals surface area (Å²) in [6, 6.07) is 7.74. The summed E-state index contributed by atoms with van der Waals surface area (Å²) in [5.41, 5.74) is 0.932. The molecule has 18 heavy (non-hydrogen) atoms. The fourth-order valence-electron chi connectivity index (χ4n) is 1.83. The number of aromatic nitrogens is 4. The number of thiazole rings is 1. The number of aromatic amines is 1. The zero-order chi connectivity index (χ0) is 12.7. The predicted molar refractivity (Wildman–Crippen MR) is 73.6 cm³/mol. The molecule has 0 saturated heterocycles. The van der Waals surface area contributed by atoms with E-state index in [4.69, 9.17) is 12.2 Å². The number of nitrogens with one attached hydrogen (secondary N) is 1. The Morgan fingerprint density at radius 1 is 1.44 bits per heavy atom. The Bertz CT molecular complexity index is 823. The molecule has 1 N–H and O–H groups in total. The molecule has 0 fully saturated rings. The first-order valence-electron chi connectivity index (χ1n) is 5.35. The van der Waals surface area contributed by atoms with Crippen LogP contribution in [0.2, 0.25) is 0 Å². The molecule has 0 aliphatic heterocycles. The average Bonchev–Trinajstić information content (AvgIpc) is 2.85. The number of fused-ring (bicyclic) bond motifs is 1. The summed E-state index contributed by atoms with van der Waals surface area (Å²) in [7, 11) is 1.83. The second kappa shape index (κ2) is 4.18. The highest BCUT2D eigenvalue weighted by Gasteiger charge is 2.10. The van der Waals surface area contributed by atoms with E-state index in [9.17, 15) is 4.79 Å². The number of rotatable bonds is 2. The lowest BCUT2D eigenvalue weighted by Crippen LogP contribution is -2.16. The molecule has 0 aliphatic rings. The number of hydrogen-bond donors (Lipinski definition) is 1. The molecule has 0 radical (unpaired) electrons. The molecule has 0 bridgehead atoms. The van der Waals surface area contributed by atoms with Gasteiger partial charge < -0.3 is 4.57 Å². The van der Waals surface area contributed by atoms with Crippen molar-refractivity contribution in [2.75, 3.05) is 0 Å². The molecule has 92 valence electrons. The summed E-state index contributed by atoms with van der Waals surface area (Å²) in [6.45, 7) is 0.423. The van der Waals surface area contributed by atoms with Gasteiger partial charge in [0.25, 0.3) is 0 Å². The van der Waals surface area contributed by atoms with E-state index in [2.05, 4.69) is 10.2 Å². The first kappa shape index (κ1) is 11.4. The Morgan fingerprint density at radius 3 is 2.94 bits per heavy atom. The summed E-state index contributed by atoms with van der Waals surface area (Å²) < 4.78 is 5.02. The van der Waals surface area contributed by atoms with Gasteiger partial charge in [-0.1, -0.05) is 23.5 Å². The molecule has 0 spiro atoms. The molecule has 2 heterocycles. The summed E-state index contributed by atoms with van der Waals surface area (Å²) in [6.07, 6.45) is 0. The van der Waals surface area contributed by atoms with Crippen LogP contribution in [-0.4, -0.2) is 19.3 Å². The van der Waals surface area contributed by atoms with Gasteiger partial charge in [-0.3, -0.25) is 14.5 Å². The third-order valence-corrected chi connectivity index (χ3v) is 4.17. The summed E-state index contributed by atoms with van der Waals surface area (Å²) in [5, 5.41) is 6.85. The van der Waals surface area contributed by atoms with E-state index >= 15 is 0 Å². The van der Waals surface area contributed by atoms with Gasteiger partial charge >= 0.3 is 4.87 Å². The maximum Gasteiger partial charge on any atom is 0.308 e. The van der Waals surface area contributed by atoms with Crippen LogP contribution in [0.1, 0.15) is 5.82 Å². The van der Waals surface area contributed by atoms with E-state index in [1.807, 2.05) is 31.3 Å². The Balaban J connectivity index is 2.16. The lowest BCUT2D eigenvalue weighted by atomic mass is 10.3. The third kappa shape index (κ3) is 1.72. The number of benzene rings is 1. The molecule has 5 nitrogen and oxygen atoms in total. The normalized spacial score (nSPS) is 11.2. The van der Waals surface area contributed by atoms with E-state index in [1.165, 1.54) is 11.3 Å². The van der Waals surface area contributed by atoms with Crippen LogP contribution < -0.4 is 4.87 Å². The van der Waals surface area contributed by atoms with Crippen molar-refractivity contribution < 1.29 is 0 Å². The van der Waals surface area contributed by atoms with E-state index < -0.39 is 0 Å². The molecular weight excluding hydrogens is 268 g/mol. The molecular formula is C11H10N4OS2. The van der Waals surface area contributed by atoms with Gasteiger partial charge in [0.2, 0.25) is 0 Å². The van der Waals surface area contributed by atoms with Gasteiger partial charge in [-0.25, -0.2) is 0 Å². The molecule has 3 rings (SSSR count). The number of H-pyrrole nitrogens is 1. The Morgan fingerprint density at radius 2 is 2.22 bits per heavy atom. The van der Waals surface area contributed by atoms with Crippen LogP contribution in [0.15, 0.2) is 29.1 Å². The van der Waals surface area contributed by atoms with Crippen molar-refractivity contribution in [3.05, 3.63) is 44.5 Å². The Kier molecular flexibility index (Phi) is 2.64. The summed E-state index contributed by atoms with van der Waals surface area (Å²) in [5.74, 6) is 0.741. The van der Waals surface area contributed by atoms with Crippen molar-refractivity contribution in [3.63, 3.8) is 0 Å². The van der Waals surface area contributed by atoms with E-state index in [0.29, 0.717) is 11.3 Å². The molecule has 2 aromatic heterocycles. The number of para-hydroxylation sites is 1. The minimum Gasteiger partial charge on any atom is -0.306 e.